The Balaban J connectivity index is 1.89. The lowest BCUT2D eigenvalue weighted by atomic mass is 9.95. The van der Waals surface area contributed by atoms with Crippen LogP contribution in [-0.4, -0.2) is 30.4 Å². The second-order valence-electron chi connectivity index (χ2n) is 7.59. The van der Waals surface area contributed by atoms with E-state index in [9.17, 15) is 9.59 Å². The molecule has 24 heavy (non-hydrogen) atoms. The zero-order chi connectivity index (χ0) is 17.7. The van der Waals surface area contributed by atoms with Crippen LogP contribution in [0.1, 0.15) is 56.5 Å². The average Bonchev–Trinajstić information content (AvgIpc) is 2.54. The molecule has 0 spiro atoms. The lowest BCUT2D eigenvalue weighted by Crippen LogP contribution is -2.51. The van der Waals surface area contributed by atoms with Crippen molar-refractivity contribution < 1.29 is 9.59 Å². The molecular formula is C19H29N3O2. The van der Waals surface area contributed by atoms with Crippen LogP contribution in [0.5, 0.6) is 0 Å². The Labute approximate surface area is 144 Å². The number of piperidine rings is 1. The molecule has 2 amide bonds. The summed E-state index contributed by atoms with van der Waals surface area (Å²) in [6, 6.07) is 7.89. The van der Waals surface area contributed by atoms with Crippen LogP contribution < -0.4 is 16.0 Å². The van der Waals surface area contributed by atoms with Gasteiger partial charge in [0.05, 0.1) is 0 Å². The number of amides is 2. The summed E-state index contributed by atoms with van der Waals surface area (Å²) >= 11 is 0. The standard InChI is InChI=1S/C19H29N3O2/c1-13-16(6-5-11-20-13)22-17(23)15-9-7-14(8-10-15)12-21-18(24)19(2,3)4/h7-10,13,16,20H,5-6,11-12H2,1-4H3,(H,21,24)(H,22,23). The summed E-state index contributed by atoms with van der Waals surface area (Å²) in [6.45, 7) is 9.25. The van der Waals surface area contributed by atoms with Gasteiger partial charge in [0, 0.05) is 29.6 Å². The van der Waals surface area contributed by atoms with Crippen molar-refractivity contribution in [1.29, 1.82) is 0 Å². The van der Waals surface area contributed by atoms with Gasteiger partial charge in [-0.05, 0) is 44.0 Å². The quantitative estimate of drug-likeness (QED) is 0.792. The first-order valence-corrected chi connectivity index (χ1v) is 8.69. The molecule has 0 radical (unpaired) electrons. The van der Waals surface area contributed by atoms with Crippen molar-refractivity contribution in [3.05, 3.63) is 35.4 Å². The summed E-state index contributed by atoms with van der Waals surface area (Å²) in [5.41, 5.74) is 1.24. The number of hydrogen-bond donors (Lipinski definition) is 3. The van der Waals surface area contributed by atoms with Crippen molar-refractivity contribution in [1.82, 2.24) is 16.0 Å². The second-order valence-corrected chi connectivity index (χ2v) is 7.59. The smallest absolute Gasteiger partial charge is 0.251 e. The molecule has 1 aliphatic rings. The fraction of sp³-hybridized carbons (Fsp3) is 0.579. The van der Waals surface area contributed by atoms with E-state index in [1.54, 1.807) is 0 Å². The highest BCUT2D eigenvalue weighted by atomic mass is 16.2. The molecule has 5 nitrogen and oxygen atoms in total. The van der Waals surface area contributed by atoms with Crippen molar-refractivity contribution in [2.24, 2.45) is 5.41 Å². The molecule has 1 aromatic rings. The zero-order valence-electron chi connectivity index (χ0n) is 15.1. The largest absolute Gasteiger partial charge is 0.352 e. The fourth-order valence-corrected chi connectivity index (χ4v) is 2.71. The molecule has 5 heteroatoms. The Morgan fingerprint density at radius 3 is 2.46 bits per heavy atom. The number of hydrogen-bond acceptors (Lipinski definition) is 3. The molecule has 0 aromatic heterocycles. The fourth-order valence-electron chi connectivity index (χ4n) is 2.71. The van der Waals surface area contributed by atoms with Crippen LogP contribution in [0, 0.1) is 5.41 Å². The summed E-state index contributed by atoms with van der Waals surface area (Å²) in [4.78, 5) is 24.2. The van der Waals surface area contributed by atoms with E-state index >= 15 is 0 Å². The molecule has 2 unspecified atom stereocenters. The van der Waals surface area contributed by atoms with Crippen molar-refractivity contribution in [2.45, 2.75) is 59.2 Å². The molecule has 1 fully saturated rings. The van der Waals surface area contributed by atoms with Crippen LogP contribution in [0.15, 0.2) is 24.3 Å². The summed E-state index contributed by atoms with van der Waals surface area (Å²) < 4.78 is 0. The molecular weight excluding hydrogens is 302 g/mol. The van der Waals surface area contributed by atoms with Gasteiger partial charge in [0.15, 0.2) is 0 Å². The van der Waals surface area contributed by atoms with Gasteiger partial charge in [0.25, 0.3) is 5.91 Å². The van der Waals surface area contributed by atoms with Gasteiger partial charge in [-0.15, -0.1) is 0 Å². The van der Waals surface area contributed by atoms with Crippen molar-refractivity contribution in [3.8, 4) is 0 Å². The first kappa shape index (κ1) is 18.5. The van der Waals surface area contributed by atoms with Gasteiger partial charge in [-0.3, -0.25) is 9.59 Å². The lowest BCUT2D eigenvalue weighted by molar-refractivity contribution is -0.128. The summed E-state index contributed by atoms with van der Waals surface area (Å²) in [7, 11) is 0. The minimum Gasteiger partial charge on any atom is -0.352 e. The second kappa shape index (κ2) is 7.79. The Hall–Kier alpha value is -1.88. The maximum atomic E-state index is 12.4. The summed E-state index contributed by atoms with van der Waals surface area (Å²) in [5, 5.41) is 9.40. The highest BCUT2D eigenvalue weighted by molar-refractivity contribution is 5.94. The molecule has 3 N–H and O–H groups in total. The highest BCUT2D eigenvalue weighted by Crippen LogP contribution is 2.14. The van der Waals surface area contributed by atoms with Gasteiger partial charge in [-0.25, -0.2) is 0 Å². The first-order chi connectivity index (χ1) is 11.3. The van der Waals surface area contributed by atoms with Crippen LogP contribution in [0.3, 0.4) is 0 Å². The Bertz CT molecular complexity index is 575. The van der Waals surface area contributed by atoms with E-state index in [0.717, 1.165) is 24.9 Å². The van der Waals surface area contributed by atoms with Gasteiger partial charge in [-0.2, -0.15) is 0 Å². The number of carbonyl (C=O) groups is 2. The predicted octanol–water partition coefficient (Wildman–Crippen LogP) is 2.22. The van der Waals surface area contributed by atoms with Crippen LogP contribution in [0.4, 0.5) is 0 Å². The van der Waals surface area contributed by atoms with Crippen LogP contribution in [0.2, 0.25) is 0 Å². The van der Waals surface area contributed by atoms with Gasteiger partial charge < -0.3 is 16.0 Å². The van der Waals surface area contributed by atoms with Gasteiger partial charge in [0.1, 0.15) is 0 Å². The van der Waals surface area contributed by atoms with Crippen molar-refractivity contribution in [3.63, 3.8) is 0 Å². The van der Waals surface area contributed by atoms with Crippen LogP contribution in [0.25, 0.3) is 0 Å². The third-order valence-electron chi connectivity index (χ3n) is 4.43. The number of benzene rings is 1. The molecule has 2 rings (SSSR count). The lowest BCUT2D eigenvalue weighted by Gasteiger charge is -2.30. The zero-order valence-corrected chi connectivity index (χ0v) is 15.1. The molecule has 1 aliphatic heterocycles. The minimum absolute atomic E-state index is 0.0168. The normalized spacial score (nSPS) is 21.2. The van der Waals surface area contributed by atoms with E-state index in [0.29, 0.717) is 18.2 Å². The molecule has 1 saturated heterocycles. The Morgan fingerprint density at radius 1 is 1.21 bits per heavy atom. The molecule has 2 atom stereocenters. The van der Waals surface area contributed by atoms with Gasteiger partial charge >= 0.3 is 0 Å². The third kappa shape index (κ3) is 5.06. The van der Waals surface area contributed by atoms with Crippen molar-refractivity contribution in [2.75, 3.05) is 6.54 Å². The maximum Gasteiger partial charge on any atom is 0.251 e. The third-order valence-corrected chi connectivity index (χ3v) is 4.43. The molecule has 0 bridgehead atoms. The molecule has 132 valence electrons. The van der Waals surface area contributed by atoms with E-state index in [2.05, 4.69) is 22.9 Å². The van der Waals surface area contributed by atoms with E-state index in [4.69, 9.17) is 0 Å². The highest BCUT2D eigenvalue weighted by Gasteiger charge is 2.23. The Morgan fingerprint density at radius 2 is 1.88 bits per heavy atom. The van der Waals surface area contributed by atoms with E-state index in [1.807, 2.05) is 45.0 Å². The van der Waals surface area contributed by atoms with E-state index in [1.165, 1.54) is 0 Å². The van der Waals surface area contributed by atoms with Gasteiger partial charge in [-0.1, -0.05) is 32.9 Å². The van der Waals surface area contributed by atoms with E-state index in [-0.39, 0.29) is 17.9 Å². The maximum absolute atomic E-state index is 12.4. The molecule has 1 aromatic carbocycles. The number of rotatable bonds is 4. The molecule has 0 saturated carbocycles. The average molecular weight is 331 g/mol. The molecule has 1 heterocycles. The monoisotopic (exact) mass is 331 g/mol. The van der Waals surface area contributed by atoms with E-state index < -0.39 is 5.41 Å². The first-order valence-electron chi connectivity index (χ1n) is 8.69. The van der Waals surface area contributed by atoms with Crippen molar-refractivity contribution >= 4 is 11.8 Å². The topological polar surface area (TPSA) is 70.2 Å². The summed E-state index contributed by atoms with van der Waals surface area (Å²) in [5.74, 6) is -0.0241. The summed E-state index contributed by atoms with van der Waals surface area (Å²) in [6.07, 6.45) is 2.10. The molecule has 0 aliphatic carbocycles. The SMILES string of the molecule is CC1NCCCC1NC(=O)c1ccc(CNC(=O)C(C)(C)C)cc1. The minimum atomic E-state index is -0.398. The van der Waals surface area contributed by atoms with Crippen LogP contribution in [-0.2, 0) is 11.3 Å². The Kier molecular flexibility index (Phi) is 5.99. The predicted molar refractivity (Wildman–Crippen MR) is 95.7 cm³/mol. The number of carbonyl (C=O) groups excluding carboxylic acids is 2. The van der Waals surface area contributed by atoms with Crippen LogP contribution >= 0.6 is 0 Å². The van der Waals surface area contributed by atoms with Gasteiger partial charge in [0.2, 0.25) is 5.91 Å². The number of nitrogens with one attached hydrogen (secondary N) is 3.